The van der Waals surface area contributed by atoms with Crippen LogP contribution < -0.4 is 0 Å². The summed E-state index contributed by atoms with van der Waals surface area (Å²) in [6, 6.07) is 3.57. The molecule has 0 amide bonds. The van der Waals surface area contributed by atoms with Gasteiger partial charge in [-0.2, -0.15) is 10.5 Å². The Kier molecular flexibility index (Phi) is 6.17. The highest BCUT2D eigenvalue weighted by molar-refractivity contribution is 9.11. The van der Waals surface area contributed by atoms with Crippen LogP contribution in [0.15, 0.2) is 35.1 Å². The second-order valence-electron chi connectivity index (χ2n) is 2.80. The van der Waals surface area contributed by atoms with Gasteiger partial charge in [-0.25, -0.2) is 0 Å². The van der Waals surface area contributed by atoms with Gasteiger partial charge in [0.15, 0.2) is 0 Å². The largest absolute Gasteiger partial charge is 0.337 e. The number of halogens is 1. The first kappa shape index (κ1) is 13.5. The van der Waals surface area contributed by atoms with Crippen LogP contribution in [0.2, 0.25) is 0 Å². The zero-order valence-corrected chi connectivity index (χ0v) is 10.2. The van der Waals surface area contributed by atoms with Crippen molar-refractivity contribution < 1.29 is 0 Å². The molecule has 0 aliphatic carbocycles. The number of rotatable bonds is 5. The molecule has 0 rings (SSSR count). The molecule has 4 heteroatoms. The summed E-state index contributed by atoms with van der Waals surface area (Å²) < 4.78 is 0.667. The maximum atomic E-state index is 8.59. The van der Waals surface area contributed by atoms with Crippen molar-refractivity contribution in [3.63, 3.8) is 0 Å². The quantitative estimate of drug-likeness (QED) is 0.436. The smallest absolute Gasteiger partial charge is 0.131 e. The minimum atomic E-state index is 0.0369. The van der Waals surface area contributed by atoms with Crippen LogP contribution in [-0.2, 0) is 0 Å². The van der Waals surface area contributed by atoms with E-state index in [-0.39, 0.29) is 5.57 Å². The van der Waals surface area contributed by atoms with Crippen LogP contribution >= 0.6 is 15.9 Å². The van der Waals surface area contributed by atoms with Crippen molar-refractivity contribution in [2.75, 3.05) is 6.54 Å². The van der Waals surface area contributed by atoms with E-state index in [9.17, 15) is 0 Å². The van der Waals surface area contributed by atoms with Crippen molar-refractivity contribution in [1.29, 1.82) is 10.5 Å². The summed E-state index contributed by atoms with van der Waals surface area (Å²) in [4.78, 5) is 1.80. The maximum absolute atomic E-state index is 8.59. The molecular formula is C11H12BrN3. The fourth-order valence-electron chi connectivity index (χ4n) is 0.978. The molecule has 0 atom stereocenters. The molecule has 0 aromatic rings. The third-order valence-corrected chi connectivity index (χ3v) is 2.07. The van der Waals surface area contributed by atoms with Crippen LogP contribution in [0.25, 0.3) is 0 Å². The van der Waals surface area contributed by atoms with Crippen LogP contribution in [0.4, 0.5) is 0 Å². The van der Waals surface area contributed by atoms with Gasteiger partial charge in [-0.05, 0) is 28.4 Å². The SMILES string of the molecule is C=C(Br)N(CCC)C(=C)C=C(C#N)C#N. The van der Waals surface area contributed by atoms with E-state index in [1.54, 1.807) is 17.0 Å². The summed E-state index contributed by atoms with van der Waals surface area (Å²) in [7, 11) is 0. The van der Waals surface area contributed by atoms with Gasteiger partial charge in [0.1, 0.15) is 17.7 Å². The van der Waals surface area contributed by atoms with E-state index in [4.69, 9.17) is 10.5 Å². The van der Waals surface area contributed by atoms with E-state index in [0.717, 1.165) is 13.0 Å². The fraction of sp³-hybridized carbons (Fsp3) is 0.273. The van der Waals surface area contributed by atoms with Crippen molar-refractivity contribution in [3.05, 3.63) is 35.1 Å². The molecule has 15 heavy (non-hydrogen) atoms. The van der Waals surface area contributed by atoms with Crippen LogP contribution in [0.1, 0.15) is 13.3 Å². The van der Waals surface area contributed by atoms with Crippen molar-refractivity contribution in [3.8, 4) is 12.1 Å². The molecular weight excluding hydrogens is 254 g/mol. The van der Waals surface area contributed by atoms with Gasteiger partial charge in [0.05, 0.1) is 4.61 Å². The standard InChI is InChI=1S/C11H12BrN3/c1-4-5-15(10(3)12)9(2)6-11(7-13)8-14/h6H,2-5H2,1H3. The minimum Gasteiger partial charge on any atom is -0.337 e. The Balaban J connectivity index is 4.83. The molecule has 78 valence electrons. The van der Waals surface area contributed by atoms with E-state index in [1.165, 1.54) is 6.08 Å². The van der Waals surface area contributed by atoms with Crippen molar-refractivity contribution in [1.82, 2.24) is 4.90 Å². The van der Waals surface area contributed by atoms with Crippen LogP contribution in [0, 0.1) is 22.7 Å². The summed E-state index contributed by atoms with van der Waals surface area (Å²) in [5, 5.41) is 17.2. The topological polar surface area (TPSA) is 50.8 Å². The predicted octanol–water partition coefficient (Wildman–Crippen LogP) is 3.05. The lowest BCUT2D eigenvalue weighted by Gasteiger charge is -2.22. The van der Waals surface area contributed by atoms with Crippen LogP contribution in [0.5, 0.6) is 0 Å². The first-order valence-electron chi connectivity index (χ1n) is 4.39. The number of nitriles is 2. The zero-order chi connectivity index (χ0) is 11.8. The third kappa shape index (κ3) is 4.49. The van der Waals surface area contributed by atoms with Gasteiger partial charge in [0, 0.05) is 12.2 Å². The minimum absolute atomic E-state index is 0.0369. The molecule has 0 bridgehead atoms. The van der Waals surface area contributed by atoms with Crippen molar-refractivity contribution in [2.24, 2.45) is 0 Å². The van der Waals surface area contributed by atoms with E-state index in [2.05, 4.69) is 29.1 Å². The molecule has 0 N–H and O–H groups in total. The lowest BCUT2D eigenvalue weighted by atomic mass is 10.2. The molecule has 0 aliphatic rings. The average molecular weight is 266 g/mol. The molecule has 0 radical (unpaired) electrons. The van der Waals surface area contributed by atoms with E-state index in [1.807, 2.05) is 6.92 Å². The average Bonchev–Trinajstić information content (AvgIpc) is 2.21. The van der Waals surface area contributed by atoms with Gasteiger partial charge < -0.3 is 4.90 Å². The first-order valence-corrected chi connectivity index (χ1v) is 5.18. The Bertz CT molecular complexity index is 352. The van der Waals surface area contributed by atoms with E-state index in [0.29, 0.717) is 10.3 Å². The van der Waals surface area contributed by atoms with Gasteiger partial charge in [0.25, 0.3) is 0 Å². The lowest BCUT2D eigenvalue weighted by molar-refractivity contribution is 0.470. The third-order valence-electron chi connectivity index (χ3n) is 1.64. The summed E-state index contributed by atoms with van der Waals surface area (Å²) in [6.07, 6.45) is 2.37. The zero-order valence-electron chi connectivity index (χ0n) is 8.63. The number of allylic oxidation sites excluding steroid dienone is 2. The first-order chi connectivity index (χ1) is 7.06. The highest BCUT2D eigenvalue weighted by Crippen LogP contribution is 2.17. The van der Waals surface area contributed by atoms with Crippen molar-refractivity contribution >= 4 is 15.9 Å². The van der Waals surface area contributed by atoms with E-state index < -0.39 is 0 Å². The lowest BCUT2D eigenvalue weighted by Crippen LogP contribution is -2.18. The van der Waals surface area contributed by atoms with Crippen LogP contribution in [0.3, 0.4) is 0 Å². The van der Waals surface area contributed by atoms with Gasteiger partial charge in [-0.3, -0.25) is 0 Å². The summed E-state index contributed by atoms with van der Waals surface area (Å²) in [5.41, 5.74) is 0.617. The Labute approximate surface area is 98.7 Å². The summed E-state index contributed by atoms with van der Waals surface area (Å²) in [6.45, 7) is 10.3. The molecule has 0 unspecified atom stereocenters. The fourth-order valence-corrected chi connectivity index (χ4v) is 1.38. The van der Waals surface area contributed by atoms with Crippen LogP contribution in [-0.4, -0.2) is 11.4 Å². The highest BCUT2D eigenvalue weighted by atomic mass is 79.9. The molecule has 0 aliphatic heterocycles. The van der Waals surface area contributed by atoms with Crippen molar-refractivity contribution in [2.45, 2.75) is 13.3 Å². The monoisotopic (exact) mass is 265 g/mol. The second kappa shape index (κ2) is 6.86. The molecule has 0 aromatic carbocycles. The molecule has 0 saturated carbocycles. The number of hydrogen-bond acceptors (Lipinski definition) is 3. The Morgan fingerprint density at radius 1 is 1.40 bits per heavy atom. The predicted molar refractivity (Wildman–Crippen MR) is 63.5 cm³/mol. The number of nitrogens with zero attached hydrogens (tertiary/aromatic N) is 3. The second-order valence-corrected chi connectivity index (χ2v) is 3.72. The Morgan fingerprint density at radius 3 is 2.27 bits per heavy atom. The molecule has 0 fully saturated rings. The van der Waals surface area contributed by atoms with Gasteiger partial charge in [0.2, 0.25) is 0 Å². The molecule has 0 heterocycles. The normalized spacial score (nSPS) is 8.27. The maximum Gasteiger partial charge on any atom is 0.131 e. The van der Waals surface area contributed by atoms with Gasteiger partial charge in [-0.1, -0.05) is 20.1 Å². The highest BCUT2D eigenvalue weighted by Gasteiger charge is 2.07. The number of hydrogen-bond donors (Lipinski definition) is 0. The molecule has 3 nitrogen and oxygen atoms in total. The van der Waals surface area contributed by atoms with Gasteiger partial charge >= 0.3 is 0 Å². The Morgan fingerprint density at radius 2 is 1.93 bits per heavy atom. The molecule has 0 aromatic heterocycles. The summed E-state index contributed by atoms with van der Waals surface area (Å²) in [5.74, 6) is 0. The molecule has 0 spiro atoms. The van der Waals surface area contributed by atoms with E-state index >= 15 is 0 Å². The Hall–Kier alpha value is -1.52. The summed E-state index contributed by atoms with van der Waals surface area (Å²) >= 11 is 3.25. The molecule has 0 saturated heterocycles. The van der Waals surface area contributed by atoms with Gasteiger partial charge in [-0.15, -0.1) is 0 Å².